The summed E-state index contributed by atoms with van der Waals surface area (Å²) in [5.74, 6) is -0.163. The Morgan fingerprint density at radius 2 is 1.95 bits per heavy atom. The Morgan fingerprint density at radius 1 is 1.26 bits per heavy atom. The van der Waals surface area contributed by atoms with E-state index in [9.17, 15) is 0 Å². The third-order valence-corrected chi connectivity index (χ3v) is 2.18. The molecule has 1 rings (SSSR count). The molecule has 0 amide bonds. The van der Waals surface area contributed by atoms with Gasteiger partial charge in [0.05, 0.1) is 5.71 Å². The van der Waals surface area contributed by atoms with Gasteiger partial charge in [0, 0.05) is 11.1 Å². The van der Waals surface area contributed by atoms with E-state index in [1.54, 1.807) is 6.07 Å². The Balaban J connectivity index is 3.04. The summed E-state index contributed by atoms with van der Waals surface area (Å²) in [6, 6.07) is 7.38. The van der Waals surface area contributed by atoms with Crippen LogP contribution in [0.2, 0.25) is 0 Å². The second-order valence-electron chi connectivity index (χ2n) is 4.01. The molecule has 0 heterocycles. The highest BCUT2D eigenvalue weighted by molar-refractivity contribution is 6.46. The van der Waals surface area contributed by atoms with Crippen LogP contribution < -0.4 is 5.73 Å². The maximum atomic E-state index is 7.53. The number of nitrogens with one attached hydrogen (secondary N) is 1. The lowest BCUT2D eigenvalue weighted by atomic mass is 10.0. The molecule has 0 aliphatic rings. The van der Waals surface area contributed by atoms with Gasteiger partial charge in [-0.05, 0) is 13.8 Å². The molecule has 0 saturated carbocycles. The summed E-state index contributed by atoms with van der Waals surface area (Å²) < 4.78 is 0. The van der Waals surface area contributed by atoms with Crippen LogP contribution >= 0.6 is 0 Å². The third-order valence-electron chi connectivity index (χ3n) is 2.18. The smallest absolute Gasteiger partial charge is 0.151 e. The van der Waals surface area contributed by atoms with Crippen LogP contribution in [0.1, 0.15) is 25.0 Å². The number of amidine groups is 1. The molecule has 0 atom stereocenters. The van der Waals surface area contributed by atoms with Crippen LogP contribution in [-0.4, -0.2) is 24.4 Å². The Hall–Kier alpha value is -2.37. The number of nitrogens with zero attached hydrogens (tertiary/aromatic N) is 2. The Labute approximate surface area is 112 Å². The molecule has 0 spiro atoms. The van der Waals surface area contributed by atoms with Crippen molar-refractivity contribution in [2.75, 3.05) is 7.11 Å². The lowest BCUT2D eigenvalue weighted by Gasteiger charge is -2.09. The maximum Gasteiger partial charge on any atom is 0.151 e. The van der Waals surface area contributed by atoms with E-state index in [1.165, 1.54) is 7.11 Å². The van der Waals surface area contributed by atoms with Gasteiger partial charge in [0.1, 0.15) is 19.6 Å². The molecule has 0 aromatic heterocycles. The van der Waals surface area contributed by atoms with Crippen LogP contribution in [-0.2, 0) is 16.3 Å². The summed E-state index contributed by atoms with van der Waals surface area (Å²) in [6.07, 6.45) is 0. The SMILES string of the molecule is CO/N=C(\C(=N)N)c1ccccc1CON=C(C)C. The van der Waals surface area contributed by atoms with E-state index >= 15 is 0 Å². The zero-order valence-electron chi connectivity index (χ0n) is 11.3. The van der Waals surface area contributed by atoms with Crippen LogP contribution in [0.15, 0.2) is 34.6 Å². The van der Waals surface area contributed by atoms with E-state index in [1.807, 2.05) is 32.0 Å². The van der Waals surface area contributed by atoms with Crippen LogP contribution in [0.3, 0.4) is 0 Å². The highest BCUT2D eigenvalue weighted by atomic mass is 16.6. The van der Waals surface area contributed by atoms with Crippen molar-refractivity contribution in [1.29, 1.82) is 5.41 Å². The number of benzene rings is 1. The van der Waals surface area contributed by atoms with Crippen LogP contribution in [0, 0.1) is 5.41 Å². The van der Waals surface area contributed by atoms with Crippen molar-refractivity contribution >= 4 is 17.3 Å². The predicted octanol–water partition coefficient (Wildman–Crippen LogP) is 1.89. The molecular weight excluding hydrogens is 244 g/mol. The third kappa shape index (κ3) is 4.42. The first kappa shape index (κ1) is 14.7. The topological polar surface area (TPSA) is 93.0 Å². The van der Waals surface area contributed by atoms with Gasteiger partial charge < -0.3 is 15.4 Å². The molecule has 0 radical (unpaired) electrons. The second kappa shape index (κ2) is 7.15. The minimum atomic E-state index is -0.163. The highest BCUT2D eigenvalue weighted by Gasteiger charge is 2.13. The quantitative estimate of drug-likeness (QED) is 0.465. The minimum absolute atomic E-state index is 0.163. The first-order valence-electron chi connectivity index (χ1n) is 5.73. The van der Waals surface area contributed by atoms with Gasteiger partial charge in [0.15, 0.2) is 5.71 Å². The fourth-order valence-corrected chi connectivity index (χ4v) is 1.44. The summed E-state index contributed by atoms with van der Waals surface area (Å²) in [5.41, 5.74) is 8.14. The Bertz CT molecular complexity index is 505. The van der Waals surface area contributed by atoms with E-state index in [-0.39, 0.29) is 18.2 Å². The predicted molar refractivity (Wildman–Crippen MR) is 75.5 cm³/mol. The van der Waals surface area contributed by atoms with Crippen molar-refractivity contribution in [3.05, 3.63) is 35.4 Å². The maximum absolute atomic E-state index is 7.53. The van der Waals surface area contributed by atoms with Gasteiger partial charge in [0.25, 0.3) is 0 Å². The minimum Gasteiger partial charge on any atom is -0.399 e. The normalized spacial score (nSPS) is 10.8. The fourth-order valence-electron chi connectivity index (χ4n) is 1.44. The van der Waals surface area contributed by atoms with Gasteiger partial charge in [-0.2, -0.15) is 0 Å². The summed E-state index contributed by atoms with van der Waals surface area (Å²) in [6.45, 7) is 3.97. The van der Waals surface area contributed by atoms with Gasteiger partial charge in [-0.25, -0.2) is 0 Å². The Morgan fingerprint density at radius 3 is 2.53 bits per heavy atom. The molecule has 0 bridgehead atoms. The summed E-state index contributed by atoms with van der Waals surface area (Å²) in [7, 11) is 1.41. The summed E-state index contributed by atoms with van der Waals surface area (Å²) in [4.78, 5) is 9.93. The van der Waals surface area contributed by atoms with Crippen molar-refractivity contribution in [2.24, 2.45) is 16.0 Å². The number of oxime groups is 2. The molecule has 1 aromatic rings. The molecule has 0 aliphatic carbocycles. The fraction of sp³-hybridized carbons (Fsp3) is 0.308. The zero-order valence-corrected chi connectivity index (χ0v) is 11.3. The molecule has 0 aliphatic heterocycles. The van der Waals surface area contributed by atoms with Gasteiger partial charge in [0.2, 0.25) is 0 Å². The van der Waals surface area contributed by atoms with E-state index in [2.05, 4.69) is 10.3 Å². The molecule has 6 heteroatoms. The van der Waals surface area contributed by atoms with Gasteiger partial charge in [-0.3, -0.25) is 5.41 Å². The number of hydrogen-bond acceptors (Lipinski definition) is 5. The van der Waals surface area contributed by atoms with Crippen molar-refractivity contribution in [3.63, 3.8) is 0 Å². The first-order chi connectivity index (χ1) is 9.06. The van der Waals surface area contributed by atoms with E-state index in [0.29, 0.717) is 5.56 Å². The highest BCUT2D eigenvalue weighted by Crippen LogP contribution is 2.12. The average molecular weight is 262 g/mol. The van der Waals surface area contributed by atoms with Crippen LogP contribution in [0.4, 0.5) is 0 Å². The van der Waals surface area contributed by atoms with E-state index < -0.39 is 0 Å². The van der Waals surface area contributed by atoms with Crippen LogP contribution in [0.25, 0.3) is 0 Å². The Kier molecular flexibility index (Phi) is 5.53. The van der Waals surface area contributed by atoms with Gasteiger partial charge in [-0.15, -0.1) is 0 Å². The molecule has 102 valence electrons. The van der Waals surface area contributed by atoms with Crippen molar-refractivity contribution in [3.8, 4) is 0 Å². The first-order valence-corrected chi connectivity index (χ1v) is 5.73. The monoisotopic (exact) mass is 262 g/mol. The molecule has 0 unspecified atom stereocenters. The molecule has 0 fully saturated rings. The molecule has 19 heavy (non-hydrogen) atoms. The van der Waals surface area contributed by atoms with Crippen molar-refractivity contribution in [1.82, 2.24) is 0 Å². The summed E-state index contributed by atoms with van der Waals surface area (Å²) in [5, 5.41) is 15.2. The van der Waals surface area contributed by atoms with Gasteiger partial charge >= 0.3 is 0 Å². The van der Waals surface area contributed by atoms with Crippen molar-refractivity contribution in [2.45, 2.75) is 20.5 Å². The van der Waals surface area contributed by atoms with E-state index in [4.69, 9.17) is 20.8 Å². The second-order valence-corrected chi connectivity index (χ2v) is 4.01. The number of rotatable bonds is 6. The lowest BCUT2D eigenvalue weighted by molar-refractivity contribution is 0.130. The van der Waals surface area contributed by atoms with Crippen LogP contribution in [0.5, 0.6) is 0 Å². The largest absolute Gasteiger partial charge is 0.399 e. The standard InChI is InChI=1S/C13H18N4O2/c1-9(2)16-19-8-10-6-4-5-7-11(10)12(13(14)15)17-18-3/h4-7H,8H2,1-3H3,(H3,14,15)/b17-12-. The molecule has 6 nitrogen and oxygen atoms in total. The number of nitrogens with two attached hydrogens (primary N) is 1. The van der Waals surface area contributed by atoms with E-state index in [0.717, 1.165) is 11.3 Å². The molecule has 1 aromatic carbocycles. The molecule has 3 N–H and O–H groups in total. The van der Waals surface area contributed by atoms with Crippen molar-refractivity contribution < 1.29 is 9.68 Å². The van der Waals surface area contributed by atoms with Gasteiger partial charge in [-0.1, -0.05) is 34.6 Å². The zero-order chi connectivity index (χ0) is 14.3. The summed E-state index contributed by atoms with van der Waals surface area (Å²) >= 11 is 0. The molecule has 0 saturated heterocycles. The number of hydrogen-bond donors (Lipinski definition) is 2. The average Bonchev–Trinajstić information content (AvgIpc) is 2.36. The molecular formula is C13H18N4O2. The lowest BCUT2D eigenvalue weighted by Crippen LogP contribution is -2.25.